The quantitative estimate of drug-likeness (QED) is 0.731. The van der Waals surface area contributed by atoms with E-state index in [2.05, 4.69) is 0 Å². The number of hydrogen-bond donors (Lipinski definition) is 1. The zero-order valence-corrected chi connectivity index (χ0v) is 13.1. The molecule has 0 saturated carbocycles. The van der Waals surface area contributed by atoms with Gasteiger partial charge in [0.15, 0.2) is 0 Å². The number of carboxylic acid groups (broad SMARTS) is 1. The van der Waals surface area contributed by atoms with Crippen LogP contribution in [0.1, 0.15) is 39.5 Å². The highest BCUT2D eigenvalue weighted by Gasteiger charge is 2.28. The molecule has 1 fully saturated rings. The van der Waals surface area contributed by atoms with Gasteiger partial charge in [0.2, 0.25) is 10.0 Å². The van der Waals surface area contributed by atoms with E-state index in [1.807, 2.05) is 13.8 Å². The molecule has 7 heteroatoms. The molecule has 0 bridgehead atoms. The molecule has 0 amide bonds. The number of sulfonamides is 1. The lowest BCUT2D eigenvalue weighted by Crippen LogP contribution is -2.42. The highest BCUT2D eigenvalue weighted by Crippen LogP contribution is 2.23. The minimum Gasteiger partial charge on any atom is -0.481 e. The summed E-state index contributed by atoms with van der Waals surface area (Å²) in [5.41, 5.74) is 0. The van der Waals surface area contributed by atoms with E-state index >= 15 is 0 Å². The van der Waals surface area contributed by atoms with Crippen LogP contribution in [0.15, 0.2) is 0 Å². The molecule has 1 N–H and O–H groups in total. The maximum Gasteiger partial charge on any atom is 0.303 e. The maximum atomic E-state index is 12.2. The average molecular weight is 307 g/mol. The normalized spacial score (nSPS) is 21.2. The number of carbonyl (C=O) groups is 1. The third kappa shape index (κ3) is 6.19. The van der Waals surface area contributed by atoms with Crippen LogP contribution in [0.3, 0.4) is 0 Å². The summed E-state index contributed by atoms with van der Waals surface area (Å²) < 4.78 is 31.1. The van der Waals surface area contributed by atoms with Gasteiger partial charge in [-0.3, -0.25) is 4.79 Å². The molecule has 6 nitrogen and oxygen atoms in total. The van der Waals surface area contributed by atoms with Crippen LogP contribution in [-0.4, -0.2) is 55.4 Å². The first-order valence-corrected chi connectivity index (χ1v) is 8.73. The van der Waals surface area contributed by atoms with Gasteiger partial charge in [-0.1, -0.05) is 0 Å². The molecule has 118 valence electrons. The molecule has 1 atom stereocenters. The van der Waals surface area contributed by atoms with E-state index in [1.54, 1.807) is 0 Å². The molecular weight excluding hydrogens is 282 g/mol. The zero-order chi connectivity index (χ0) is 15.2. The lowest BCUT2D eigenvalue weighted by Gasteiger charge is -2.31. The Balaban J connectivity index is 2.46. The fourth-order valence-electron chi connectivity index (χ4n) is 2.36. The molecule has 1 aliphatic heterocycles. The van der Waals surface area contributed by atoms with E-state index in [4.69, 9.17) is 9.84 Å². The van der Waals surface area contributed by atoms with Crippen molar-refractivity contribution in [2.75, 3.05) is 25.4 Å². The van der Waals surface area contributed by atoms with Crippen molar-refractivity contribution in [3.05, 3.63) is 0 Å². The lowest BCUT2D eigenvalue weighted by atomic mass is 9.95. The Morgan fingerprint density at radius 3 is 2.75 bits per heavy atom. The first kappa shape index (κ1) is 17.4. The summed E-state index contributed by atoms with van der Waals surface area (Å²) in [4.78, 5) is 10.6. The van der Waals surface area contributed by atoms with E-state index in [0.29, 0.717) is 19.5 Å². The Morgan fingerprint density at radius 2 is 2.15 bits per heavy atom. The molecule has 1 rings (SSSR count). The van der Waals surface area contributed by atoms with Crippen LogP contribution in [0.25, 0.3) is 0 Å². The Bertz CT molecular complexity index is 407. The molecule has 0 aliphatic carbocycles. The van der Waals surface area contributed by atoms with Crippen LogP contribution in [0, 0.1) is 5.92 Å². The highest BCUT2D eigenvalue weighted by atomic mass is 32.2. The van der Waals surface area contributed by atoms with E-state index in [9.17, 15) is 13.2 Å². The monoisotopic (exact) mass is 307 g/mol. The first-order valence-electron chi connectivity index (χ1n) is 7.12. The van der Waals surface area contributed by atoms with Gasteiger partial charge in [-0.25, -0.2) is 12.7 Å². The average Bonchev–Trinajstić information content (AvgIpc) is 2.36. The van der Waals surface area contributed by atoms with Crippen molar-refractivity contribution in [1.29, 1.82) is 0 Å². The van der Waals surface area contributed by atoms with E-state index in [-0.39, 0.29) is 30.8 Å². The molecule has 0 aromatic heterocycles. The van der Waals surface area contributed by atoms with Gasteiger partial charge in [0.05, 0.1) is 18.5 Å². The van der Waals surface area contributed by atoms with Crippen molar-refractivity contribution >= 4 is 16.0 Å². The van der Waals surface area contributed by atoms with Crippen molar-refractivity contribution in [1.82, 2.24) is 4.31 Å². The molecular formula is C13H25NO5S. The molecule has 0 spiro atoms. The minimum atomic E-state index is -3.29. The number of piperidine rings is 1. The molecule has 20 heavy (non-hydrogen) atoms. The second kappa shape index (κ2) is 7.95. The van der Waals surface area contributed by atoms with Gasteiger partial charge in [0.1, 0.15) is 0 Å². The fourth-order valence-corrected chi connectivity index (χ4v) is 3.77. The van der Waals surface area contributed by atoms with Crippen LogP contribution >= 0.6 is 0 Å². The largest absolute Gasteiger partial charge is 0.481 e. The van der Waals surface area contributed by atoms with E-state index < -0.39 is 16.0 Å². The highest BCUT2D eigenvalue weighted by molar-refractivity contribution is 7.89. The predicted molar refractivity (Wildman–Crippen MR) is 76.0 cm³/mol. The van der Waals surface area contributed by atoms with Gasteiger partial charge in [-0.15, -0.1) is 0 Å². The number of nitrogens with zero attached hydrogens (tertiary/aromatic N) is 1. The van der Waals surface area contributed by atoms with Crippen molar-refractivity contribution < 1.29 is 23.1 Å². The Morgan fingerprint density at radius 1 is 1.45 bits per heavy atom. The standard InChI is InChI=1S/C13H25NO5S/c1-11(2)19-8-9-20(17,18)14-7-3-4-12(10-14)5-6-13(15)16/h11-12H,3-10H2,1-2H3,(H,15,16). The molecule has 0 aromatic carbocycles. The summed E-state index contributed by atoms with van der Waals surface area (Å²) in [5, 5.41) is 8.69. The van der Waals surface area contributed by atoms with Crippen molar-refractivity contribution in [3.63, 3.8) is 0 Å². The zero-order valence-electron chi connectivity index (χ0n) is 12.2. The Labute approximate surface area is 121 Å². The van der Waals surface area contributed by atoms with E-state index in [0.717, 1.165) is 12.8 Å². The van der Waals surface area contributed by atoms with Gasteiger partial charge in [0, 0.05) is 19.5 Å². The van der Waals surface area contributed by atoms with Crippen molar-refractivity contribution in [3.8, 4) is 0 Å². The van der Waals surface area contributed by atoms with Crippen LogP contribution in [0.2, 0.25) is 0 Å². The summed E-state index contributed by atoms with van der Waals surface area (Å²) in [6.07, 6.45) is 2.38. The fraction of sp³-hybridized carbons (Fsp3) is 0.923. The smallest absolute Gasteiger partial charge is 0.303 e. The molecule has 1 unspecified atom stereocenters. The number of ether oxygens (including phenoxy) is 1. The number of aliphatic carboxylic acids is 1. The van der Waals surface area contributed by atoms with Crippen molar-refractivity contribution in [2.24, 2.45) is 5.92 Å². The third-order valence-electron chi connectivity index (χ3n) is 3.43. The second-order valence-corrected chi connectivity index (χ2v) is 7.62. The summed E-state index contributed by atoms with van der Waals surface area (Å²) >= 11 is 0. The third-order valence-corrected chi connectivity index (χ3v) is 5.24. The summed E-state index contributed by atoms with van der Waals surface area (Å²) in [7, 11) is -3.29. The predicted octanol–water partition coefficient (Wildman–Crippen LogP) is 1.32. The number of hydrogen-bond acceptors (Lipinski definition) is 4. The molecule has 1 aliphatic rings. The summed E-state index contributed by atoms with van der Waals surface area (Å²) in [6, 6.07) is 0. The first-order chi connectivity index (χ1) is 9.31. The van der Waals surface area contributed by atoms with Crippen molar-refractivity contribution in [2.45, 2.75) is 45.6 Å². The summed E-state index contributed by atoms with van der Waals surface area (Å²) in [5.74, 6) is -0.674. The van der Waals surface area contributed by atoms with E-state index in [1.165, 1.54) is 4.31 Å². The maximum absolute atomic E-state index is 12.2. The van der Waals surface area contributed by atoms with Gasteiger partial charge in [0.25, 0.3) is 0 Å². The lowest BCUT2D eigenvalue weighted by molar-refractivity contribution is -0.137. The molecule has 1 heterocycles. The molecule has 0 aromatic rings. The number of rotatable bonds is 8. The van der Waals surface area contributed by atoms with Crippen LogP contribution in [-0.2, 0) is 19.6 Å². The second-order valence-electron chi connectivity index (χ2n) is 5.53. The summed E-state index contributed by atoms with van der Waals surface area (Å²) in [6.45, 7) is 4.92. The van der Waals surface area contributed by atoms with Crippen LogP contribution in [0.5, 0.6) is 0 Å². The SMILES string of the molecule is CC(C)OCCS(=O)(=O)N1CCCC(CCC(=O)O)C1. The van der Waals surface area contributed by atoms with Crippen LogP contribution < -0.4 is 0 Å². The van der Waals surface area contributed by atoms with Gasteiger partial charge in [-0.2, -0.15) is 0 Å². The molecule has 0 radical (unpaired) electrons. The van der Waals surface area contributed by atoms with Gasteiger partial charge in [-0.05, 0) is 39.0 Å². The minimum absolute atomic E-state index is 0.00314. The van der Waals surface area contributed by atoms with Gasteiger partial charge >= 0.3 is 5.97 Å². The van der Waals surface area contributed by atoms with Crippen LogP contribution in [0.4, 0.5) is 0 Å². The van der Waals surface area contributed by atoms with Gasteiger partial charge < -0.3 is 9.84 Å². The molecule has 1 saturated heterocycles. The topological polar surface area (TPSA) is 83.9 Å². The Hall–Kier alpha value is -0.660. The number of carboxylic acids is 1. The Kier molecular flexibility index (Phi) is 6.91.